The summed E-state index contributed by atoms with van der Waals surface area (Å²) in [6.45, 7) is 0.00755. The van der Waals surface area contributed by atoms with E-state index in [-0.39, 0.29) is 30.1 Å². The lowest BCUT2D eigenvalue weighted by atomic mass is 10.1. The Balaban J connectivity index is 2.32. The smallest absolute Gasteiger partial charge is 0.340 e. The Bertz CT molecular complexity index is 721. The zero-order valence-electron chi connectivity index (χ0n) is 11.6. The van der Waals surface area contributed by atoms with Crippen molar-refractivity contribution in [2.75, 3.05) is 24.3 Å². The number of rotatable bonds is 4. The molecule has 0 aliphatic carbocycles. The maximum absolute atomic E-state index is 12.8. The van der Waals surface area contributed by atoms with Gasteiger partial charge in [-0.15, -0.1) is 3.89 Å². The van der Waals surface area contributed by atoms with Crippen molar-refractivity contribution >= 4 is 39.4 Å². The number of nitrogens with zero attached hydrogens (tertiary/aromatic N) is 1. The summed E-state index contributed by atoms with van der Waals surface area (Å²) in [5.74, 6) is -2.45. The minimum atomic E-state index is -4.67. The summed E-state index contributed by atoms with van der Waals surface area (Å²) in [5.41, 5.74) is 0.354. The molecule has 9 heteroatoms. The average Bonchev–Trinajstić information content (AvgIpc) is 2.76. The van der Waals surface area contributed by atoms with Crippen molar-refractivity contribution in [2.45, 2.75) is 6.42 Å². The van der Waals surface area contributed by atoms with Gasteiger partial charge in [0.1, 0.15) is 0 Å². The Morgan fingerprint density at radius 3 is 2.77 bits per heavy atom. The van der Waals surface area contributed by atoms with Crippen molar-refractivity contribution in [1.29, 1.82) is 0 Å². The number of carbonyl (C=O) groups excluding carboxylic acids is 2. The third kappa shape index (κ3) is 3.75. The summed E-state index contributed by atoms with van der Waals surface area (Å²) in [5, 5.41) is 0.290. The van der Waals surface area contributed by atoms with E-state index in [1.165, 1.54) is 30.2 Å². The number of hydrogen-bond acceptors (Lipinski definition) is 5. The van der Waals surface area contributed by atoms with Crippen LogP contribution in [-0.4, -0.2) is 39.7 Å². The highest BCUT2D eigenvalue weighted by Crippen LogP contribution is 2.31. The number of hydrogen-bond donors (Lipinski definition) is 0. The first-order valence-corrected chi connectivity index (χ1v) is 8.25. The van der Waals surface area contributed by atoms with E-state index in [2.05, 4.69) is 4.74 Å². The molecule has 1 heterocycles. The molecular formula is C13H13ClFNO5S. The van der Waals surface area contributed by atoms with Crippen molar-refractivity contribution in [3.63, 3.8) is 0 Å². The van der Waals surface area contributed by atoms with E-state index in [0.717, 1.165) is 0 Å². The lowest BCUT2D eigenvalue weighted by Crippen LogP contribution is -2.27. The van der Waals surface area contributed by atoms with Crippen LogP contribution in [0.5, 0.6) is 0 Å². The van der Waals surface area contributed by atoms with E-state index in [4.69, 9.17) is 11.6 Å². The molecule has 22 heavy (non-hydrogen) atoms. The molecule has 120 valence electrons. The fourth-order valence-electron chi connectivity index (χ4n) is 2.42. The van der Waals surface area contributed by atoms with Crippen molar-refractivity contribution < 1.29 is 26.6 Å². The second-order valence-electron chi connectivity index (χ2n) is 4.93. The van der Waals surface area contributed by atoms with E-state index in [1.807, 2.05) is 0 Å². The van der Waals surface area contributed by atoms with Gasteiger partial charge in [0.05, 0.1) is 24.1 Å². The second kappa shape index (κ2) is 6.21. The Hall–Kier alpha value is -1.67. The van der Waals surface area contributed by atoms with Gasteiger partial charge in [0.25, 0.3) is 0 Å². The number of methoxy groups -OCH3 is 1. The average molecular weight is 350 g/mol. The van der Waals surface area contributed by atoms with Crippen LogP contribution in [0.2, 0.25) is 5.02 Å². The van der Waals surface area contributed by atoms with E-state index in [9.17, 15) is 21.9 Å². The third-order valence-corrected chi connectivity index (χ3v) is 4.40. The highest BCUT2D eigenvalue weighted by atomic mass is 35.5. The molecule has 1 aliphatic rings. The van der Waals surface area contributed by atoms with Gasteiger partial charge in [-0.2, -0.15) is 8.42 Å². The summed E-state index contributed by atoms with van der Waals surface area (Å²) < 4.78 is 38.8. The molecule has 1 aromatic rings. The molecule has 1 aromatic carbocycles. The first-order valence-electron chi connectivity index (χ1n) is 6.32. The lowest BCUT2D eigenvalue weighted by Gasteiger charge is -2.19. The normalized spacial score (nSPS) is 18.6. The molecule has 0 radical (unpaired) electrons. The van der Waals surface area contributed by atoms with Gasteiger partial charge in [0.2, 0.25) is 5.91 Å². The van der Waals surface area contributed by atoms with Gasteiger partial charge in [-0.1, -0.05) is 11.6 Å². The molecule has 0 saturated carbocycles. The van der Waals surface area contributed by atoms with Gasteiger partial charge in [-0.25, -0.2) is 4.79 Å². The van der Waals surface area contributed by atoms with Crippen molar-refractivity contribution in [2.24, 2.45) is 5.92 Å². The number of ether oxygens (including phenoxy) is 1. The van der Waals surface area contributed by atoms with E-state index in [1.54, 1.807) is 0 Å². The summed E-state index contributed by atoms with van der Waals surface area (Å²) >= 11 is 5.84. The van der Waals surface area contributed by atoms with E-state index in [0.29, 0.717) is 5.02 Å². The first-order chi connectivity index (χ1) is 10.2. The first kappa shape index (κ1) is 16.7. The van der Waals surface area contributed by atoms with Crippen LogP contribution in [0.4, 0.5) is 9.57 Å². The number of carbonyl (C=O) groups is 2. The third-order valence-electron chi connectivity index (χ3n) is 3.29. The maximum Gasteiger partial charge on any atom is 0.340 e. The van der Waals surface area contributed by atoms with E-state index >= 15 is 0 Å². The molecule has 2 rings (SSSR count). The molecule has 0 N–H and O–H groups in total. The Labute approximate surface area is 132 Å². The van der Waals surface area contributed by atoms with Gasteiger partial charge in [-0.05, 0) is 18.2 Å². The largest absolute Gasteiger partial charge is 0.465 e. The van der Waals surface area contributed by atoms with Crippen LogP contribution in [0.1, 0.15) is 16.8 Å². The number of halogens is 2. The molecule has 1 fully saturated rings. The van der Waals surface area contributed by atoms with Gasteiger partial charge < -0.3 is 9.64 Å². The Kier molecular flexibility index (Phi) is 4.72. The molecule has 1 aliphatic heterocycles. The van der Waals surface area contributed by atoms with Crippen LogP contribution >= 0.6 is 11.6 Å². The number of anilines is 1. The summed E-state index contributed by atoms with van der Waals surface area (Å²) in [6, 6.07) is 4.32. The predicted molar refractivity (Wildman–Crippen MR) is 78.1 cm³/mol. The molecular weight excluding hydrogens is 337 g/mol. The standard InChI is InChI=1S/C13H13ClFNO5S/c1-21-13(18)10-5-9(14)2-3-11(10)16-6-8(4-12(16)17)7-22(15,19)20/h2-3,5,8H,4,6-7H2,1H3. The topological polar surface area (TPSA) is 80.8 Å². The van der Waals surface area contributed by atoms with Crippen molar-refractivity contribution in [3.8, 4) is 0 Å². The zero-order valence-corrected chi connectivity index (χ0v) is 13.2. The van der Waals surface area contributed by atoms with Gasteiger partial charge in [0, 0.05) is 23.9 Å². The summed E-state index contributed by atoms with van der Waals surface area (Å²) in [4.78, 5) is 25.1. The van der Waals surface area contributed by atoms with Crippen molar-refractivity contribution in [3.05, 3.63) is 28.8 Å². The maximum atomic E-state index is 12.8. The number of benzene rings is 1. The van der Waals surface area contributed by atoms with Gasteiger partial charge in [-0.3, -0.25) is 4.79 Å². The number of esters is 1. The molecule has 1 amide bonds. The Morgan fingerprint density at radius 2 is 2.18 bits per heavy atom. The Morgan fingerprint density at radius 1 is 1.50 bits per heavy atom. The van der Waals surface area contributed by atoms with Gasteiger partial charge >= 0.3 is 16.2 Å². The molecule has 0 bridgehead atoms. The predicted octanol–water partition coefficient (Wildman–Crippen LogP) is 1.78. The monoisotopic (exact) mass is 349 g/mol. The van der Waals surface area contributed by atoms with Crippen LogP contribution in [0.15, 0.2) is 18.2 Å². The zero-order chi connectivity index (χ0) is 16.5. The summed E-state index contributed by atoms with van der Waals surface area (Å²) in [6.07, 6.45) is -0.105. The summed E-state index contributed by atoms with van der Waals surface area (Å²) in [7, 11) is -3.47. The number of amides is 1. The molecule has 6 nitrogen and oxygen atoms in total. The van der Waals surface area contributed by atoms with Crippen LogP contribution < -0.4 is 4.90 Å². The van der Waals surface area contributed by atoms with Crippen LogP contribution in [0, 0.1) is 5.92 Å². The minimum absolute atomic E-state index is 0.00755. The molecule has 0 aromatic heterocycles. The SMILES string of the molecule is COC(=O)c1cc(Cl)ccc1N1CC(CS(=O)(=O)F)CC1=O. The minimum Gasteiger partial charge on any atom is -0.465 e. The molecule has 0 spiro atoms. The van der Waals surface area contributed by atoms with Crippen molar-refractivity contribution in [1.82, 2.24) is 0 Å². The second-order valence-corrected chi connectivity index (χ2v) is 6.78. The fourth-order valence-corrected chi connectivity index (χ4v) is 3.38. The molecule has 1 unspecified atom stereocenters. The highest BCUT2D eigenvalue weighted by Gasteiger charge is 2.35. The highest BCUT2D eigenvalue weighted by molar-refractivity contribution is 7.86. The lowest BCUT2D eigenvalue weighted by molar-refractivity contribution is -0.117. The fraction of sp³-hybridized carbons (Fsp3) is 0.385. The van der Waals surface area contributed by atoms with Crippen LogP contribution in [0.3, 0.4) is 0 Å². The van der Waals surface area contributed by atoms with Crippen LogP contribution in [0.25, 0.3) is 0 Å². The van der Waals surface area contributed by atoms with E-state index < -0.39 is 27.9 Å². The molecule has 1 atom stereocenters. The quantitative estimate of drug-likeness (QED) is 0.611. The molecule has 1 saturated heterocycles. The van der Waals surface area contributed by atoms with Crippen LogP contribution in [-0.2, 0) is 19.8 Å². The van der Waals surface area contributed by atoms with Gasteiger partial charge in [0.15, 0.2) is 0 Å².